The number of hydrogen-bond acceptors (Lipinski definition) is 9. The standard InChI is InChI=1S/C29H42N8O6/c1-19(2)27(35-24(39)8-4-3-5-16-37-25(40)13-14-26(37)41)23(36-31)17-33-22(7-6-15-32-29(30)43)28(42)34-21-11-9-20(18-38)10-12-21/h9-14,17,19,22,27,31,33,38H,3-8,15-16,18H2,1-2H3,(H,34,42)(H,35,39)(H3,30,32,43)/b23-17-,36-31?/t22-,27-/m0/s1. The molecular formula is C29H42N8O6. The fourth-order valence-electron chi connectivity index (χ4n) is 4.32. The number of unbranched alkanes of at least 4 members (excludes halogenated alkanes) is 2. The molecule has 1 aromatic rings. The summed E-state index contributed by atoms with van der Waals surface area (Å²) in [5, 5.41) is 24.1. The maximum Gasteiger partial charge on any atom is 0.312 e. The molecule has 2 atom stereocenters. The number of aliphatic hydroxyl groups excluding tert-OH is 1. The molecular weight excluding hydrogens is 556 g/mol. The molecule has 6 amide bonds. The van der Waals surface area contributed by atoms with Crippen LogP contribution < -0.4 is 27.0 Å². The second-order valence-electron chi connectivity index (χ2n) is 10.4. The van der Waals surface area contributed by atoms with Crippen LogP contribution in [0.15, 0.2) is 53.4 Å². The van der Waals surface area contributed by atoms with Gasteiger partial charge in [0, 0.05) is 43.5 Å². The van der Waals surface area contributed by atoms with Gasteiger partial charge in [0.05, 0.1) is 12.6 Å². The second kappa shape index (κ2) is 18.1. The largest absolute Gasteiger partial charge is 0.392 e. The van der Waals surface area contributed by atoms with Crippen LogP contribution in [-0.2, 0) is 25.8 Å². The van der Waals surface area contributed by atoms with Crippen molar-refractivity contribution in [3.63, 3.8) is 0 Å². The summed E-state index contributed by atoms with van der Waals surface area (Å²) in [6.07, 6.45) is 6.67. The Bertz CT molecular complexity index is 1180. The molecule has 0 fully saturated rings. The Morgan fingerprint density at radius 1 is 1.05 bits per heavy atom. The third-order valence-corrected chi connectivity index (χ3v) is 6.74. The van der Waals surface area contributed by atoms with Gasteiger partial charge in [-0.05, 0) is 49.3 Å². The number of imide groups is 1. The van der Waals surface area contributed by atoms with Crippen LogP contribution >= 0.6 is 0 Å². The smallest absolute Gasteiger partial charge is 0.312 e. The minimum atomic E-state index is -0.767. The van der Waals surface area contributed by atoms with E-state index in [1.807, 2.05) is 13.8 Å². The van der Waals surface area contributed by atoms with E-state index in [2.05, 4.69) is 26.4 Å². The van der Waals surface area contributed by atoms with Crippen LogP contribution in [0.4, 0.5) is 10.5 Å². The van der Waals surface area contributed by atoms with E-state index >= 15 is 0 Å². The molecule has 0 aromatic heterocycles. The number of nitrogens with zero attached hydrogens (tertiary/aromatic N) is 2. The highest BCUT2D eigenvalue weighted by Crippen LogP contribution is 2.16. The number of carbonyl (C=O) groups is 5. The lowest BCUT2D eigenvalue weighted by molar-refractivity contribution is -0.137. The van der Waals surface area contributed by atoms with Crippen molar-refractivity contribution in [1.29, 1.82) is 5.53 Å². The lowest BCUT2D eigenvalue weighted by Crippen LogP contribution is -2.42. The number of benzene rings is 1. The average molecular weight is 599 g/mol. The number of nitrogens with two attached hydrogens (primary N) is 1. The van der Waals surface area contributed by atoms with Crippen molar-refractivity contribution in [3.8, 4) is 0 Å². The van der Waals surface area contributed by atoms with Crippen LogP contribution in [-0.4, -0.2) is 64.8 Å². The Kier molecular flexibility index (Phi) is 14.5. The number of aliphatic hydroxyl groups is 1. The van der Waals surface area contributed by atoms with Gasteiger partial charge in [0.15, 0.2) is 0 Å². The predicted octanol–water partition coefficient (Wildman–Crippen LogP) is 2.02. The van der Waals surface area contributed by atoms with E-state index in [1.54, 1.807) is 24.3 Å². The van der Waals surface area contributed by atoms with Gasteiger partial charge in [-0.25, -0.2) is 10.3 Å². The normalized spacial score (nSPS) is 14.4. The molecule has 0 bridgehead atoms. The molecule has 1 aliphatic rings. The van der Waals surface area contributed by atoms with Crippen LogP contribution in [0.1, 0.15) is 57.9 Å². The first-order valence-corrected chi connectivity index (χ1v) is 14.3. The summed E-state index contributed by atoms with van der Waals surface area (Å²) in [6, 6.07) is 4.68. The van der Waals surface area contributed by atoms with Crippen molar-refractivity contribution in [2.75, 3.05) is 18.4 Å². The van der Waals surface area contributed by atoms with E-state index in [0.29, 0.717) is 49.9 Å². The number of rotatable bonds is 19. The minimum Gasteiger partial charge on any atom is -0.392 e. The first-order chi connectivity index (χ1) is 20.5. The number of carbonyl (C=O) groups excluding carboxylic acids is 5. The lowest BCUT2D eigenvalue weighted by atomic mass is 10.0. The molecule has 1 aliphatic heterocycles. The third kappa shape index (κ3) is 12.0. The summed E-state index contributed by atoms with van der Waals surface area (Å²) in [5.74, 6) is -1.37. The average Bonchev–Trinajstić information content (AvgIpc) is 3.29. The number of hydrogen-bond donors (Lipinski definition) is 7. The van der Waals surface area contributed by atoms with E-state index in [-0.39, 0.29) is 54.8 Å². The van der Waals surface area contributed by atoms with Gasteiger partial charge in [0.2, 0.25) is 11.8 Å². The lowest BCUT2D eigenvalue weighted by Gasteiger charge is -2.24. The number of nitrogens with one attached hydrogen (secondary N) is 5. The summed E-state index contributed by atoms with van der Waals surface area (Å²) in [4.78, 5) is 61.3. The fourth-order valence-corrected chi connectivity index (χ4v) is 4.32. The molecule has 0 spiro atoms. The second-order valence-corrected chi connectivity index (χ2v) is 10.4. The van der Waals surface area contributed by atoms with Gasteiger partial charge < -0.3 is 32.1 Å². The molecule has 14 nitrogen and oxygen atoms in total. The van der Waals surface area contributed by atoms with Crippen molar-refractivity contribution >= 4 is 35.3 Å². The summed E-state index contributed by atoms with van der Waals surface area (Å²) in [5.41, 5.74) is 14.3. The Morgan fingerprint density at radius 3 is 2.30 bits per heavy atom. The number of urea groups is 1. The molecule has 234 valence electrons. The van der Waals surface area contributed by atoms with Crippen LogP contribution in [0, 0.1) is 11.4 Å². The minimum absolute atomic E-state index is 0.121. The van der Waals surface area contributed by atoms with Gasteiger partial charge in [-0.3, -0.25) is 24.1 Å². The van der Waals surface area contributed by atoms with Gasteiger partial charge in [-0.2, -0.15) is 5.11 Å². The first kappa shape index (κ1) is 34.6. The maximum atomic E-state index is 13.1. The van der Waals surface area contributed by atoms with Crippen LogP contribution in [0.5, 0.6) is 0 Å². The number of anilines is 1. The molecule has 0 radical (unpaired) electrons. The molecule has 0 unspecified atom stereocenters. The molecule has 0 saturated heterocycles. The number of primary amides is 1. The first-order valence-electron chi connectivity index (χ1n) is 14.3. The van der Waals surface area contributed by atoms with Gasteiger partial charge in [0.25, 0.3) is 11.8 Å². The Hall–Kier alpha value is -4.59. The zero-order valence-electron chi connectivity index (χ0n) is 24.6. The summed E-state index contributed by atoms with van der Waals surface area (Å²) in [7, 11) is 0. The topological polar surface area (TPSA) is 219 Å². The molecule has 8 N–H and O–H groups in total. The third-order valence-electron chi connectivity index (χ3n) is 6.74. The molecule has 43 heavy (non-hydrogen) atoms. The molecule has 0 saturated carbocycles. The maximum absolute atomic E-state index is 13.1. The Morgan fingerprint density at radius 2 is 1.72 bits per heavy atom. The number of amides is 6. The Balaban J connectivity index is 1.98. The van der Waals surface area contributed by atoms with Gasteiger partial charge >= 0.3 is 6.03 Å². The highest BCUT2D eigenvalue weighted by molar-refractivity contribution is 6.12. The molecule has 14 heteroatoms. The van der Waals surface area contributed by atoms with Gasteiger partial charge in [-0.15, -0.1) is 0 Å². The van der Waals surface area contributed by atoms with Crippen LogP contribution in [0.2, 0.25) is 0 Å². The Labute approximate surface area is 251 Å². The summed E-state index contributed by atoms with van der Waals surface area (Å²) < 4.78 is 0. The SMILES string of the molecule is CC(C)[C@H](NC(=O)CCCCCN1C(=O)C=CC1=O)/C(=C/N[C@@H](CCCNC(N)=O)C(=O)Nc1ccc(CO)cc1)N=N. The zero-order valence-corrected chi connectivity index (χ0v) is 24.6. The van der Waals surface area contributed by atoms with Gasteiger partial charge in [0.1, 0.15) is 11.7 Å². The van der Waals surface area contributed by atoms with Crippen molar-refractivity contribution in [2.45, 2.75) is 71.1 Å². The van der Waals surface area contributed by atoms with Crippen molar-refractivity contribution in [2.24, 2.45) is 16.8 Å². The summed E-state index contributed by atoms with van der Waals surface area (Å²) in [6.45, 7) is 4.19. The summed E-state index contributed by atoms with van der Waals surface area (Å²) >= 11 is 0. The molecule has 1 heterocycles. The molecule has 2 rings (SSSR count). The zero-order chi connectivity index (χ0) is 31.8. The molecule has 0 aliphatic carbocycles. The highest BCUT2D eigenvalue weighted by atomic mass is 16.3. The van der Waals surface area contributed by atoms with Crippen LogP contribution in [0.25, 0.3) is 0 Å². The van der Waals surface area contributed by atoms with E-state index in [9.17, 15) is 29.1 Å². The van der Waals surface area contributed by atoms with Crippen LogP contribution in [0.3, 0.4) is 0 Å². The molecule has 1 aromatic carbocycles. The fraction of sp³-hybridized carbons (Fsp3) is 0.483. The van der Waals surface area contributed by atoms with E-state index in [0.717, 1.165) is 0 Å². The van der Waals surface area contributed by atoms with E-state index in [4.69, 9.17) is 11.3 Å². The van der Waals surface area contributed by atoms with Gasteiger partial charge in [-0.1, -0.05) is 32.4 Å². The predicted molar refractivity (Wildman–Crippen MR) is 159 cm³/mol. The highest BCUT2D eigenvalue weighted by Gasteiger charge is 2.24. The van der Waals surface area contributed by atoms with E-state index in [1.165, 1.54) is 23.3 Å². The van der Waals surface area contributed by atoms with Crippen molar-refractivity contribution < 1.29 is 29.1 Å². The van der Waals surface area contributed by atoms with Crippen molar-refractivity contribution in [1.82, 2.24) is 20.9 Å². The van der Waals surface area contributed by atoms with E-state index < -0.39 is 18.1 Å². The quantitative estimate of drug-likeness (QED) is 0.0713. The van der Waals surface area contributed by atoms with Crippen molar-refractivity contribution in [3.05, 3.63) is 53.9 Å². The monoisotopic (exact) mass is 598 g/mol.